The maximum Gasteiger partial charge on any atom is 0.410 e. The summed E-state index contributed by atoms with van der Waals surface area (Å²) in [7, 11) is 0. The minimum absolute atomic E-state index is 0.0801. The predicted octanol–water partition coefficient (Wildman–Crippen LogP) is 6.18. The summed E-state index contributed by atoms with van der Waals surface area (Å²) >= 11 is 7.70. The molecule has 0 fully saturated rings. The smallest absolute Gasteiger partial charge is 0.410 e. The Bertz CT molecular complexity index is 1320. The summed E-state index contributed by atoms with van der Waals surface area (Å²) in [6.45, 7) is 1.86. The number of hydrogen-bond acceptors (Lipinski definition) is 6. The van der Waals surface area contributed by atoms with E-state index >= 15 is 0 Å². The molecule has 0 unspecified atom stereocenters. The molecular formula is C24H22ClF3N4O3S. The zero-order valence-electron chi connectivity index (χ0n) is 19.1. The van der Waals surface area contributed by atoms with E-state index in [1.165, 1.54) is 11.3 Å². The van der Waals surface area contributed by atoms with E-state index in [9.17, 15) is 22.8 Å². The van der Waals surface area contributed by atoms with Crippen molar-refractivity contribution in [2.45, 2.75) is 50.9 Å². The number of thiophene rings is 1. The maximum atomic E-state index is 14.0. The van der Waals surface area contributed by atoms with Gasteiger partial charge in [0.15, 0.2) is 11.7 Å². The van der Waals surface area contributed by atoms with Crippen molar-refractivity contribution in [3.63, 3.8) is 0 Å². The number of carbonyl (C=O) groups is 2. The van der Waals surface area contributed by atoms with Crippen LogP contribution >= 0.6 is 22.9 Å². The minimum Gasteiger partial charge on any atom is -0.462 e. The van der Waals surface area contributed by atoms with Crippen LogP contribution in [-0.2, 0) is 17.6 Å². The standard InChI is InChI=1S/C24H22ClF3N4O3S/c1-2-35-23(34)17-13-9-6-10-15(13)36-22(17)30-21(33)19-18(25)20-29-14(12-7-4-3-5-8-12)11-16(24(26,27)28)32(20)31-19/h3-5,7-8,14,16,29H,2,6,9-11H2,1H3,(H,30,33)/t14-,16-/m0/s1. The van der Waals surface area contributed by atoms with E-state index in [-0.39, 0.29) is 34.6 Å². The average molecular weight is 539 g/mol. The molecule has 1 amide bonds. The van der Waals surface area contributed by atoms with Crippen LogP contribution in [0.2, 0.25) is 5.02 Å². The zero-order valence-corrected chi connectivity index (χ0v) is 20.7. The van der Waals surface area contributed by atoms with Gasteiger partial charge in [-0.1, -0.05) is 41.9 Å². The second kappa shape index (κ2) is 9.44. The fourth-order valence-corrected chi connectivity index (χ4v) is 6.25. The van der Waals surface area contributed by atoms with Crippen molar-refractivity contribution >= 4 is 45.6 Å². The summed E-state index contributed by atoms with van der Waals surface area (Å²) in [4.78, 5) is 26.8. The summed E-state index contributed by atoms with van der Waals surface area (Å²) in [6, 6.07) is 6.07. The molecule has 190 valence electrons. The lowest BCUT2D eigenvalue weighted by Crippen LogP contribution is -2.35. The lowest BCUT2D eigenvalue weighted by atomic mass is 9.97. The number of ether oxygens (including phenoxy) is 1. The number of rotatable bonds is 5. The number of nitrogens with zero attached hydrogens (tertiary/aromatic N) is 2. The van der Waals surface area contributed by atoms with Crippen molar-refractivity contribution in [2.75, 3.05) is 17.2 Å². The third kappa shape index (κ3) is 4.34. The lowest BCUT2D eigenvalue weighted by molar-refractivity contribution is -0.173. The quantitative estimate of drug-likeness (QED) is 0.379. The molecule has 1 aliphatic carbocycles. The van der Waals surface area contributed by atoms with Gasteiger partial charge in [-0.25, -0.2) is 9.48 Å². The molecule has 3 heterocycles. The SMILES string of the molecule is CCOC(=O)c1c(NC(=O)c2nn3c(c2Cl)N[C@H](c2ccccc2)C[C@H]3C(F)(F)F)sc2c1CCC2. The predicted molar refractivity (Wildman–Crippen MR) is 130 cm³/mol. The molecule has 2 N–H and O–H groups in total. The number of amides is 1. The van der Waals surface area contributed by atoms with Gasteiger partial charge in [-0.3, -0.25) is 4.79 Å². The van der Waals surface area contributed by atoms with Gasteiger partial charge in [0.25, 0.3) is 5.91 Å². The molecule has 7 nitrogen and oxygen atoms in total. The van der Waals surface area contributed by atoms with E-state index < -0.39 is 30.1 Å². The second-order valence-electron chi connectivity index (χ2n) is 8.59. The van der Waals surface area contributed by atoms with E-state index in [0.29, 0.717) is 17.5 Å². The molecule has 1 aliphatic heterocycles. The number of aryl methyl sites for hydroxylation is 1. The first kappa shape index (κ1) is 24.6. The first-order chi connectivity index (χ1) is 17.2. The molecule has 2 atom stereocenters. The Labute approximate surface area is 213 Å². The van der Waals surface area contributed by atoms with Gasteiger partial charge >= 0.3 is 12.1 Å². The van der Waals surface area contributed by atoms with Crippen LogP contribution in [0.15, 0.2) is 30.3 Å². The Morgan fingerprint density at radius 2 is 2.03 bits per heavy atom. The van der Waals surface area contributed by atoms with Crippen LogP contribution in [0.3, 0.4) is 0 Å². The van der Waals surface area contributed by atoms with Gasteiger partial charge in [0.2, 0.25) is 0 Å². The molecule has 2 aromatic heterocycles. The number of benzene rings is 1. The molecule has 0 saturated carbocycles. The highest BCUT2D eigenvalue weighted by Crippen LogP contribution is 2.46. The minimum atomic E-state index is -4.61. The fourth-order valence-electron chi connectivity index (χ4n) is 4.71. The van der Waals surface area contributed by atoms with Crippen molar-refractivity contribution in [2.24, 2.45) is 0 Å². The first-order valence-electron chi connectivity index (χ1n) is 11.5. The number of nitrogens with one attached hydrogen (secondary N) is 2. The Morgan fingerprint density at radius 1 is 1.28 bits per heavy atom. The molecule has 1 aromatic carbocycles. The van der Waals surface area contributed by atoms with Gasteiger partial charge in [-0.2, -0.15) is 18.3 Å². The summed E-state index contributed by atoms with van der Waals surface area (Å²) in [6.07, 6.45) is -2.56. The van der Waals surface area contributed by atoms with Crippen molar-refractivity contribution in [1.29, 1.82) is 0 Å². The van der Waals surface area contributed by atoms with Crippen molar-refractivity contribution < 1.29 is 27.5 Å². The number of alkyl halides is 3. The number of hydrogen-bond donors (Lipinski definition) is 2. The average Bonchev–Trinajstić information content (AvgIpc) is 3.51. The monoisotopic (exact) mass is 538 g/mol. The summed E-state index contributed by atoms with van der Waals surface area (Å²) in [5, 5.41) is 9.71. The molecule has 5 rings (SSSR count). The molecule has 36 heavy (non-hydrogen) atoms. The van der Waals surface area contributed by atoms with Gasteiger partial charge in [-0.15, -0.1) is 11.3 Å². The van der Waals surface area contributed by atoms with Crippen molar-refractivity contribution in [3.8, 4) is 0 Å². The van der Waals surface area contributed by atoms with Crippen molar-refractivity contribution in [1.82, 2.24) is 9.78 Å². The summed E-state index contributed by atoms with van der Waals surface area (Å²) < 4.78 is 48.0. The number of fused-ring (bicyclic) bond motifs is 2. The number of halogens is 4. The number of esters is 1. The number of anilines is 2. The van der Waals surface area contributed by atoms with E-state index in [4.69, 9.17) is 16.3 Å². The molecule has 12 heteroatoms. The Kier molecular flexibility index (Phi) is 6.46. The Balaban J connectivity index is 1.49. The third-order valence-electron chi connectivity index (χ3n) is 6.34. The molecule has 0 saturated heterocycles. The highest BCUT2D eigenvalue weighted by atomic mass is 35.5. The topological polar surface area (TPSA) is 85.2 Å². The molecule has 0 spiro atoms. The Morgan fingerprint density at radius 3 is 2.72 bits per heavy atom. The van der Waals surface area contributed by atoms with Crippen LogP contribution in [-0.4, -0.2) is 34.4 Å². The van der Waals surface area contributed by atoms with Gasteiger partial charge in [0.1, 0.15) is 15.8 Å². The second-order valence-corrected chi connectivity index (χ2v) is 10.1. The van der Waals surface area contributed by atoms with Crippen LogP contribution in [0.1, 0.15) is 68.7 Å². The van der Waals surface area contributed by atoms with Crippen LogP contribution < -0.4 is 10.6 Å². The molecule has 0 bridgehead atoms. The number of carbonyl (C=O) groups excluding carboxylic acids is 2. The van der Waals surface area contributed by atoms with Crippen LogP contribution in [0.4, 0.5) is 24.0 Å². The number of aromatic nitrogens is 2. The highest BCUT2D eigenvalue weighted by molar-refractivity contribution is 7.17. The maximum absolute atomic E-state index is 14.0. The molecular weight excluding hydrogens is 517 g/mol. The van der Waals surface area contributed by atoms with Crippen molar-refractivity contribution in [3.05, 3.63) is 62.6 Å². The van der Waals surface area contributed by atoms with E-state index in [1.807, 2.05) is 0 Å². The fraction of sp³-hybridized carbons (Fsp3) is 0.375. The normalized spacial score (nSPS) is 18.8. The van der Waals surface area contributed by atoms with E-state index in [2.05, 4.69) is 15.7 Å². The Hall–Kier alpha value is -3.05. The first-order valence-corrected chi connectivity index (χ1v) is 12.7. The van der Waals surface area contributed by atoms with E-state index in [0.717, 1.165) is 28.0 Å². The lowest BCUT2D eigenvalue weighted by Gasteiger charge is -2.33. The van der Waals surface area contributed by atoms with Gasteiger partial charge < -0.3 is 15.4 Å². The summed E-state index contributed by atoms with van der Waals surface area (Å²) in [5.41, 5.74) is 1.44. The largest absolute Gasteiger partial charge is 0.462 e. The van der Waals surface area contributed by atoms with Gasteiger partial charge in [-0.05, 0) is 37.3 Å². The third-order valence-corrected chi connectivity index (χ3v) is 7.91. The van der Waals surface area contributed by atoms with Crippen LogP contribution in [0.25, 0.3) is 0 Å². The zero-order chi connectivity index (χ0) is 25.6. The highest BCUT2D eigenvalue weighted by Gasteiger charge is 2.48. The van der Waals surface area contributed by atoms with Gasteiger partial charge in [0.05, 0.1) is 18.2 Å². The molecule has 0 radical (unpaired) electrons. The molecule has 3 aromatic rings. The summed E-state index contributed by atoms with van der Waals surface area (Å²) in [5.74, 6) is -1.43. The van der Waals surface area contributed by atoms with E-state index in [1.54, 1.807) is 37.3 Å². The van der Waals surface area contributed by atoms with Gasteiger partial charge in [0, 0.05) is 11.3 Å². The molecule has 2 aliphatic rings. The van der Waals surface area contributed by atoms with Crippen LogP contribution in [0, 0.1) is 0 Å². The van der Waals surface area contributed by atoms with Crippen LogP contribution in [0.5, 0.6) is 0 Å².